The molecule has 8 heteroatoms. The summed E-state index contributed by atoms with van der Waals surface area (Å²) in [6.07, 6.45) is 0.151. The maximum Gasteiger partial charge on any atom is 0.307 e. The number of carbonyl (C=O) groups is 2. The fourth-order valence-electron chi connectivity index (χ4n) is 3.62. The van der Waals surface area contributed by atoms with Crippen molar-refractivity contribution in [3.8, 4) is 11.5 Å². The first-order valence-corrected chi connectivity index (χ1v) is 12.3. The van der Waals surface area contributed by atoms with E-state index in [4.69, 9.17) is 9.15 Å². The van der Waals surface area contributed by atoms with Crippen LogP contribution in [-0.4, -0.2) is 35.2 Å². The highest BCUT2D eigenvalue weighted by molar-refractivity contribution is 5.94. The largest absolute Gasteiger partial charge is 0.466 e. The Hall–Kier alpha value is -3.68. The normalized spacial score (nSPS) is 12.3. The third-order valence-corrected chi connectivity index (χ3v) is 5.64. The van der Waals surface area contributed by atoms with Gasteiger partial charge in [0, 0.05) is 28.8 Å². The fraction of sp³-hybridized carbons (Fsp3) is 0.429. The van der Waals surface area contributed by atoms with Crippen molar-refractivity contribution >= 4 is 17.6 Å². The number of rotatable bonds is 10. The average molecular weight is 493 g/mol. The van der Waals surface area contributed by atoms with Gasteiger partial charge < -0.3 is 19.8 Å². The van der Waals surface area contributed by atoms with E-state index in [0.29, 0.717) is 29.9 Å². The van der Waals surface area contributed by atoms with Crippen molar-refractivity contribution in [3.05, 3.63) is 65.5 Å². The first-order chi connectivity index (χ1) is 17.1. The summed E-state index contributed by atoms with van der Waals surface area (Å²) < 4.78 is 10.7. The molecule has 0 saturated carbocycles. The Kier molecular flexibility index (Phi) is 8.85. The summed E-state index contributed by atoms with van der Waals surface area (Å²) in [7, 11) is 0. The van der Waals surface area contributed by atoms with Crippen LogP contribution in [0.15, 0.2) is 52.9 Å². The summed E-state index contributed by atoms with van der Waals surface area (Å²) >= 11 is 0. The topological polar surface area (TPSA) is 106 Å². The van der Waals surface area contributed by atoms with Crippen LogP contribution in [0.2, 0.25) is 0 Å². The van der Waals surface area contributed by atoms with Crippen LogP contribution in [0.1, 0.15) is 75.8 Å². The average Bonchev–Trinajstić information content (AvgIpc) is 3.34. The summed E-state index contributed by atoms with van der Waals surface area (Å²) in [5, 5.41) is 14.7. The van der Waals surface area contributed by atoms with Gasteiger partial charge >= 0.3 is 5.97 Å². The van der Waals surface area contributed by atoms with E-state index in [9.17, 15) is 9.59 Å². The number of amides is 1. The fourth-order valence-corrected chi connectivity index (χ4v) is 3.62. The van der Waals surface area contributed by atoms with Crippen LogP contribution in [-0.2, 0) is 14.9 Å². The van der Waals surface area contributed by atoms with Gasteiger partial charge in [-0.1, -0.05) is 46.8 Å². The molecular formula is C28H36N4O4. The highest BCUT2D eigenvalue weighted by Gasteiger charge is 2.22. The van der Waals surface area contributed by atoms with E-state index in [-0.39, 0.29) is 36.3 Å². The van der Waals surface area contributed by atoms with Crippen molar-refractivity contribution in [2.75, 3.05) is 18.5 Å². The molecular weight excluding hydrogens is 456 g/mol. The molecule has 2 aromatic carbocycles. The van der Waals surface area contributed by atoms with Gasteiger partial charge in [0.2, 0.25) is 11.8 Å². The first kappa shape index (κ1) is 26.9. The maximum absolute atomic E-state index is 12.4. The number of ether oxygens (including phenoxy) is 1. The summed E-state index contributed by atoms with van der Waals surface area (Å²) in [5.41, 5.74) is 3.25. The molecule has 1 amide bonds. The van der Waals surface area contributed by atoms with Gasteiger partial charge in [-0.05, 0) is 54.8 Å². The highest BCUT2D eigenvalue weighted by atomic mass is 16.5. The summed E-state index contributed by atoms with van der Waals surface area (Å²) in [4.78, 5) is 23.8. The molecule has 0 aliphatic carbocycles. The van der Waals surface area contributed by atoms with Crippen LogP contribution >= 0.6 is 0 Å². The van der Waals surface area contributed by atoms with Crippen molar-refractivity contribution in [1.29, 1.82) is 0 Å². The van der Waals surface area contributed by atoms with E-state index in [1.165, 1.54) is 0 Å². The molecule has 0 bridgehead atoms. The third kappa shape index (κ3) is 7.16. The van der Waals surface area contributed by atoms with Crippen LogP contribution < -0.4 is 10.6 Å². The van der Waals surface area contributed by atoms with Crippen molar-refractivity contribution < 1.29 is 18.7 Å². The summed E-state index contributed by atoms with van der Waals surface area (Å²) in [6.45, 7) is 12.8. The van der Waals surface area contributed by atoms with Crippen molar-refractivity contribution in [1.82, 2.24) is 15.5 Å². The lowest BCUT2D eigenvalue weighted by atomic mass is 9.94. The number of benzene rings is 2. The molecule has 0 radical (unpaired) electrons. The number of hydrogen-bond acceptors (Lipinski definition) is 7. The minimum Gasteiger partial charge on any atom is -0.466 e. The van der Waals surface area contributed by atoms with E-state index >= 15 is 0 Å². The van der Waals surface area contributed by atoms with Crippen molar-refractivity contribution in [2.45, 2.75) is 59.4 Å². The van der Waals surface area contributed by atoms with Crippen molar-refractivity contribution in [2.24, 2.45) is 5.92 Å². The second kappa shape index (κ2) is 11.8. The number of esters is 1. The molecule has 1 atom stereocenters. The van der Waals surface area contributed by atoms with Crippen LogP contribution in [0, 0.1) is 5.92 Å². The zero-order chi connectivity index (χ0) is 26.3. The molecule has 1 unspecified atom stereocenters. The number of nitrogens with one attached hydrogen (secondary N) is 2. The van der Waals surface area contributed by atoms with E-state index in [2.05, 4.69) is 46.8 Å². The zero-order valence-corrected chi connectivity index (χ0v) is 21.9. The molecule has 3 aromatic rings. The first-order valence-electron chi connectivity index (χ1n) is 12.3. The Bertz CT molecular complexity index is 1150. The Balaban J connectivity index is 1.64. The predicted octanol–water partition coefficient (Wildman–Crippen LogP) is 5.53. The van der Waals surface area contributed by atoms with Gasteiger partial charge in [0.25, 0.3) is 5.91 Å². The summed E-state index contributed by atoms with van der Waals surface area (Å²) in [6, 6.07) is 15.5. The molecule has 0 spiro atoms. The smallest absolute Gasteiger partial charge is 0.307 e. The molecule has 36 heavy (non-hydrogen) atoms. The molecule has 1 aromatic heterocycles. The van der Waals surface area contributed by atoms with Gasteiger partial charge in [0.15, 0.2) is 0 Å². The van der Waals surface area contributed by atoms with Gasteiger partial charge in [-0.3, -0.25) is 9.59 Å². The van der Waals surface area contributed by atoms with Gasteiger partial charge in [-0.15, -0.1) is 10.2 Å². The zero-order valence-electron chi connectivity index (χ0n) is 21.9. The monoisotopic (exact) mass is 492 g/mol. The number of nitrogens with zero attached hydrogens (tertiary/aromatic N) is 2. The number of carbonyl (C=O) groups excluding carboxylic acids is 2. The standard InChI is InChI=1S/C28H36N4O4/c1-7-35-23(33)16-17-29-25(34)20-12-14-22(15-13-20)30-24(18(2)3)19-8-10-21(11-9-19)26-31-32-27(36-26)28(4,5)6/h8-15,18,24,30H,7,16-17H2,1-6H3,(H,29,34). The quantitative estimate of drug-likeness (QED) is 0.359. The van der Waals surface area contributed by atoms with E-state index in [1.54, 1.807) is 19.1 Å². The lowest BCUT2D eigenvalue weighted by molar-refractivity contribution is -0.142. The van der Waals surface area contributed by atoms with Gasteiger partial charge in [-0.2, -0.15) is 0 Å². The number of anilines is 1. The molecule has 8 nitrogen and oxygen atoms in total. The van der Waals surface area contributed by atoms with Crippen LogP contribution in [0.25, 0.3) is 11.5 Å². The molecule has 0 saturated heterocycles. The van der Waals surface area contributed by atoms with E-state index < -0.39 is 0 Å². The molecule has 3 rings (SSSR count). The molecule has 2 N–H and O–H groups in total. The minimum atomic E-state index is -0.322. The number of hydrogen-bond donors (Lipinski definition) is 2. The lowest BCUT2D eigenvalue weighted by Gasteiger charge is -2.24. The molecule has 1 heterocycles. The van der Waals surface area contributed by atoms with E-state index in [1.807, 2.05) is 45.0 Å². The third-order valence-electron chi connectivity index (χ3n) is 5.64. The molecule has 0 fully saturated rings. The molecule has 192 valence electrons. The second-order valence-corrected chi connectivity index (χ2v) is 10.0. The predicted molar refractivity (Wildman–Crippen MR) is 140 cm³/mol. The molecule has 0 aliphatic heterocycles. The Morgan fingerprint density at radius 2 is 1.67 bits per heavy atom. The van der Waals surface area contributed by atoms with Gasteiger partial charge in [0.05, 0.1) is 19.1 Å². The van der Waals surface area contributed by atoms with Gasteiger partial charge in [-0.25, -0.2) is 0 Å². The maximum atomic E-state index is 12.4. The minimum absolute atomic E-state index is 0.0659. The SMILES string of the molecule is CCOC(=O)CCNC(=O)c1ccc(NC(c2ccc(-c3nnc(C(C)(C)C)o3)cc2)C(C)C)cc1. The Morgan fingerprint density at radius 1 is 1.00 bits per heavy atom. The van der Waals surface area contributed by atoms with Crippen LogP contribution in [0.4, 0.5) is 5.69 Å². The Labute approximate surface area is 212 Å². The lowest BCUT2D eigenvalue weighted by Crippen LogP contribution is -2.26. The Morgan fingerprint density at radius 3 is 2.22 bits per heavy atom. The molecule has 0 aliphatic rings. The van der Waals surface area contributed by atoms with E-state index in [0.717, 1.165) is 16.8 Å². The number of aromatic nitrogens is 2. The summed E-state index contributed by atoms with van der Waals surface area (Å²) in [5.74, 6) is 0.892. The second-order valence-electron chi connectivity index (χ2n) is 10.0. The van der Waals surface area contributed by atoms with Crippen LogP contribution in [0.5, 0.6) is 0 Å². The van der Waals surface area contributed by atoms with Gasteiger partial charge in [0.1, 0.15) is 0 Å². The highest BCUT2D eigenvalue weighted by Crippen LogP contribution is 2.30. The van der Waals surface area contributed by atoms with Crippen LogP contribution in [0.3, 0.4) is 0 Å². The van der Waals surface area contributed by atoms with Crippen molar-refractivity contribution in [3.63, 3.8) is 0 Å².